The van der Waals surface area contributed by atoms with Gasteiger partial charge in [0.1, 0.15) is 11.9 Å². The summed E-state index contributed by atoms with van der Waals surface area (Å²) in [6.07, 6.45) is 1.26. The van der Waals surface area contributed by atoms with Gasteiger partial charge in [-0.15, -0.1) is 0 Å². The van der Waals surface area contributed by atoms with Crippen molar-refractivity contribution in [2.24, 2.45) is 10.7 Å². The second kappa shape index (κ2) is 12.7. The Morgan fingerprint density at radius 2 is 1.85 bits per heavy atom. The first-order chi connectivity index (χ1) is 22.2. The minimum absolute atomic E-state index is 0.231. The van der Waals surface area contributed by atoms with E-state index in [1.54, 1.807) is 11.8 Å². The van der Waals surface area contributed by atoms with Gasteiger partial charge in [-0.2, -0.15) is 0 Å². The van der Waals surface area contributed by atoms with Crippen molar-refractivity contribution < 1.29 is 19.1 Å². The van der Waals surface area contributed by atoms with Gasteiger partial charge in [0.05, 0.1) is 29.4 Å². The van der Waals surface area contributed by atoms with Gasteiger partial charge in [0.2, 0.25) is 6.17 Å². The van der Waals surface area contributed by atoms with E-state index in [-0.39, 0.29) is 22.7 Å². The van der Waals surface area contributed by atoms with Crippen LogP contribution in [0, 0.1) is 13.8 Å². The molecule has 0 radical (unpaired) electrons. The molecule has 2 amide bonds. The van der Waals surface area contributed by atoms with Crippen LogP contribution in [0.3, 0.4) is 0 Å². The molecular formula is C35H36N6O5. The molecule has 46 heavy (non-hydrogen) atoms. The summed E-state index contributed by atoms with van der Waals surface area (Å²) in [6, 6.07) is 17.5. The number of nitrogens with one attached hydrogen (secondary N) is 1. The lowest BCUT2D eigenvalue weighted by atomic mass is 9.96. The highest BCUT2D eigenvalue weighted by atomic mass is 16.5. The smallest absolute Gasteiger partial charge is 0.328 e. The van der Waals surface area contributed by atoms with Crippen molar-refractivity contribution in [2.45, 2.75) is 51.7 Å². The topological polar surface area (TPSA) is 149 Å². The van der Waals surface area contributed by atoms with E-state index in [9.17, 15) is 19.2 Å². The van der Waals surface area contributed by atoms with Crippen LogP contribution in [0.1, 0.15) is 63.9 Å². The average Bonchev–Trinajstić information content (AvgIpc) is 3.44. The van der Waals surface area contributed by atoms with Gasteiger partial charge in [0.25, 0.3) is 17.4 Å². The largest absolute Gasteiger partial charge is 0.467 e. The molecule has 1 unspecified atom stereocenters. The normalized spacial score (nSPS) is 16.1. The Kier molecular flexibility index (Phi) is 8.50. The molecule has 0 saturated heterocycles. The SMILES string of the molecule is COC(=O)[C@H](CCCCN)NC(=O)c1ccc2c(=O)n(C3N=C(c4ccccc4)c4cc(C)cc5c4N(CC5)C3=O)c(C)nc2c1. The number of hydrogen-bond acceptors (Lipinski definition) is 8. The van der Waals surface area contributed by atoms with Gasteiger partial charge in [-0.1, -0.05) is 42.0 Å². The van der Waals surface area contributed by atoms with Crippen LogP contribution in [0.2, 0.25) is 0 Å². The number of rotatable bonds is 9. The lowest BCUT2D eigenvalue weighted by Crippen LogP contribution is -2.41. The lowest BCUT2D eigenvalue weighted by molar-refractivity contribution is -0.143. The Balaban J connectivity index is 1.41. The van der Waals surface area contributed by atoms with Crippen molar-refractivity contribution >= 4 is 40.1 Å². The highest BCUT2D eigenvalue weighted by Gasteiger charge is 2.38. The number of anilines is 1. The summed E-state index contributed by atoms with van der Waals surface area (Å²) in [4.78, 5) is 65.2. The minimum Gasteiger partial charge on any atom is -0.467 e. The molecule has 236 valence electrons. The number of aryl methyl sites for hydroxylation is 2. The number of unbranched alkanes of at least 4 members (excludes halogenated alkanes) is 1. The van der Waals surface area contributed by atoms with Gasteiger partial charge in [0.15, 0.2) is 0 Å². The standard InChI is InChI=1S/C35H36N6O5/c1-20-17-23-14-16-40-30(23)26(18-20)29(22-9-5-4-6-10-22)39-31(34(40)44)41-21(2)37-28-19-24(12-13-25(28)33(41)43)32(42)38-27(35(45)46-3)11-7-8-15-36/h4-6,9-10,12-13,17-19,27,31H,7-8,11,14-16,36H2,1-3H3,(H,38,42)/t27-,31?/m0/s1. The summed E-state index contributed by atoms with van der Waals surface area (Å²) in [5, 5.41) is 2.96. The van der Waals surface area contributed by atoms with Crippen molar-refractivity contribution in [1.29, 1.82) is 0 Å². The van der Waals surface area contributed by atoms with E-state index < -0.39 is 29.6 Å². The van der Waals surface area contributed by atoms with Crippen molar-refractivity contribution in [3.05, 3.63) is 105 Å². The highest BCUT2D eigenvalue weighted by Crippen LogP contribution is 2.39. The van der Waals surface area contributed by atoms with Gasteiger partial charge in [-0.3, -0.25) is 19.0 Å². The molecule has 0 fully saturated rings. The first kappa shape index (κ1) is 30.8. The number of nitrogens with two attached hydrogens (primary N) is 1. The number of ether oxygens (including phenoxy) is 1. The van der Waals surface area contributed by atoms with E-state index in [0.717, 1.165) is 27.9 Å². The van der Waals surface area contributed by atoms with Gasteiger partial charge in [-0.25, -0.2) is 14.8 Å². The molecule has 2 aliphatic heterocycles. The maximum absolute atomic E-state index is 14.2. The van der Waals surface area contributed by atoms with Crippen LogP contribution in [0.15, 0.2) is 70.5 Å². The molecule has 0 bridgehead atoms. The van der Waals surface area contributed by atoms with E-state index in [1.807, 2.05) is 43.3 Å². The molecule has 3 aromatic carbocycles. The van der Waals surface area contributed by atoms with Crippen LogP contribution in [0.5, 0.6) is 0 Å². The molecule has 0 aliphatic carbocycles. The summed E-state index contributed by atoms with van der Waals surface area (Å²) >= 11 is 0. The van der Waals surface area contributed by atoms with Gasteiger partial charge >= 0.3 is 5.97 Å². The third kappa shape index (κ3) is 5.58. The van der Waals surface area contributed by atoms with E-state index in [2.05, 4.69) is 16.4 Å². The van der Waals surface area contributed by atoms with E-state index >= 15 is 0 Å². The predicted molar refractivity (Wildman–Crippen MR) is 175 cm³/mol. The van der Waals surface area contributed by atoms with E-state index in [1.165, 1.54) is 29.9 Å². The number of fused-ring (bicyclic) bond motifs is 1. The monoisotopic (exact) mass is 620 g/mol. The molecule has 0 spiro atoms. The lowest BCUT2D eigenvalue weighted by Gasteiger charge is -2.23. The Morgan fingerprint density at radius 1 is 1.07 bits per heavy atom. The van der Waals surface area contributed by atoms with Crippen molar-refractivity contribution in [3.8, 4) is 0 Å². The number of aliphatic imine (C=N–C) groups is 1. The van der Waals surface area contributed by atoms with Crippen molar-refractivity contribution in [1.82, 2.24) is 14.9 Å². The number of benzene rings is 3. The summed E-state index contributed by atoms with van der Waals surface area (Å²) in [5.41, 5.74) is 11.0. The fourth-order valence-electron chi connectivity index (χ4n) is 6.35. The maximum atomic E-state index is 14.2. The third-order valence-electron chi connectivity index (χ3n) is 8.57. The molecule has 1 aromatic heterocycles. The van der Waals surface area contributed by atoms with Crippen LogP contribution < -0.4 is 21.5 Å². The van der Waals surface area contributed by atoms with E-state index in [4.69, 9.17) is 15.5 Å². The first-order valence-electron chi connectivity index (χ1n) is 15.4. The number of esters is 1. The van der Waals surface area contributed by atoms with E-state index in [0.29, 0.717) is 50.0 Å². The fraction of sp³-hybridized carbons (Fsp3) is 0.314. The van der Waals surface area contributed by atoms with Crippen LogP contribution >= 0.6 is 0 Å². The highest BCUT2D eigenvalue weighted by molar-refractivity contribution is 6.20. The molecule has 11 nitrogen and oxygen atoms in total. The first-order valence-corrected chi connectivity index (χ1v) is 15.4. The van der Waals surface area contributed by atoms with Crippen molar-refractivity contribution in [3.63, 3.8) is 0 Å². The van der Waals surface area contributed by atoms with Gasteiger partial charge in [0, 0.05) is 23.2 Å². The summed E-state index contributed by atoms with van der Waals surface area (Å²) in [7, 11) is 1.27. The average molecular weight is 621 g/mol. The Labute approximate surface area is 266 Å². The third-order valence-corrected chi connectivity index (χ3v) is 8.57. The summed E-state index contributed by atoms with van der Waals surface area (Å²) in [5.74, 6) is -1.07. The van der Waals surface area contributed by atoms with Crippen molar-refractivity contribution in [2.75, 3.05) is 25.1 Å². The van der Waals surface area contributed by atoms with Gasteiger partial charge < -0.3 is 20.7 Å². The second-order valence-electron chi connectivity index (χ2n) is 11.7. The molecule has 11 heteroatoms. The Hall–Kier alpha value is -5.16. The quantitative estimate of drug-likeness (QED) is 0.215. The molecule has 4 aromatic rings. The molecule has 2 aliphatic rings. The number of methoxy groups -OCH3 is 1. The molecule has 0 saturated carbocycles. The molecule has 2 atom stereocenters. The van der Waals surface area contributed by atoms with Crippen LogP contribution in [0.25, 0.3) is 10.9 Å². The number of amides is 2. The molecule has 3 N–H and O–H groups in total. The second-order valence-corrected chi connectivity index (χ2v) is 11.7. The van der Waals surface area contributed by atoms with Crippen LogP contribution in [-0.2, 0) is 20.7 Å². The summed E-state index contributed by atoms with van der Waals surface area (Å²) in [6.45, 7) is 4.65. The zero-order valence-corrected chi connectivity index (χ0v) is 26.1. The predicted octanol–water partition coefficient (Wildman–Crippen LogP) is 3.35. The number of carbonyl (C=O) groups excluding carboxylic acids is 3. The number of hydrogen-bond donors (Lipinski definition) is 2. The Morgan fingerprint density at radius 3 is 2.59 bits per heavy atom. The van der Waals surface area contributed by atoms with Crippen LogP contribution in [-0.4, -0.2) is 59.3 Å². The summed E-state index contributed by atoms with van der Waals surface area (Å²) < 4.78 is 6.21. The molecular weight excluding hydrogens is 584 g/mol. The Bertz CT molecular complexity index is 1950. The number of nitrogens with zero attached hydrogens (tertiary/aromatic N) is 4. The zero-order chi connectivity index (χ0) is 32.5. The maximum Gasteiger partial charge on any atom is 0.328 e. The number of carbonyl (C=O) groups is 3. The molecule has 3 heterocycles. The zero-order valence-electron chi connectivity index (χ0n) is 26.1. The molecule has 6 rings (SSSR count). The fourth-order valence-corrected chi connectivity index (χ4v) is 6.35. The minimum atomic E-state index is -1.18. The number of aromatic nitrogens is 2. The van der Waals surface area contributed by atoms with Crippen LogP contribution in [0.4, 0.5) is 5.69 Å². The van der Waals surface area contributed by atoms with Gasteiger partial charge in [-0.05, 0) is 75.9 Å².